The SMILES string of the molecule is C=C/N=C1\C(=C(N)N)C(c2ccc3cc(Cc4cc(F)ccc4F)ncc3c2F)=CN1C. The third-order valence-electron chi connectivity index (χ3n) is 5.22. The summed E-state index contributed by atoms with van der Waals surface area (Å²) in [6, 6.07) is 8.25. The van der Waals surface area contributed by atoms with Gasteiger partial charge in [-0.05, 0) is 35.2 Å². The summed E-state index contributed by atoms with van der Waals surface area (Å²) in [6.07, 6.45) is 4.51. The van der Waals surface area contributed by atoms with Crippen molar-refractivity contribution < 1.29 is 13.2 Å². The van der Waals surface area contributed by atoms with E-state index in [0.717, 1.165) is 18.2 Å². The maximum Gasteiger partial charge on any atom is 0.143 e. The summed E-state index contributed by atoms with van der Waals surface area (Å²) in [6.45, 7) is 3.59. The smallest absolute Gasteiger partial charge is 0.143 e. The number of rotatable bonds is 4. The molecule has 4 rings (SSSR count). The molecule has 0 bridgehead atoms. The number of halogens is 3. The molecule has 0 spiro atoms. The number of aromatic nitrogens is 1. The lowest BCUT2D eigenvalue weighted by molar-refractivity contribution is 0.588. The number of amidine groups is 1. The van der Waals surface area contributed by atoms with E-state index in [1.807, 2.05) is 0 Å². The zero-order valence-electron chi connectivity index (χ0n) is 17.2. The van der Waals surface area contributed by atoms with E-state index in [1.165, 1.54) is 12.4 Å². The molecule has 0 saturated carbocycles. The molecule has 4 N–H and O–H groups in total. The van der Waals surface area contributed by atoms with Crippen LogP contribution in [0.15, 0.2) is 78.0 Å². The fourth-order valence-corrected chi connectivity index (χ4v) is 3.75. The molecule has 0 saturated heterocycles. The van der Waals surface area contributed by atoms with Gasteiger partial charge in [-0.2, -0.15) is 0 Å². The Labute approximate surface area is 182 Å². The Kier molecular flexibility index (Phi) is 5.44. The van der Waals surface area contributed by atoms with Crippen LogP contribution in [0.2, 0.25) is 0 Å². The second-order valence-corrected chi connectivity index (χ2v) is 7.36. The van der Waals surface area contributed by atoms with Gasteiger partial charge in [0.25, 0.3) is 0 Å². The van der Waals surface area contributed by atoms with E-state index in [-0.39, 0.29) is 28.8 Å². The van der Waals surface area contributed by atoms with Crippen molar-refractivity contribution in [2.75, 3.05) is 7.05 Å². The van der Waals surface area contributed by atoms with Crippen LogP contribution in [0.25, 0.3) is 16.3 Å². The quantitative estimate of drug-likeness (QED) is 0.644. The molecular weight excluding hydrogens is 415 g/mol. The molecule has 0 radical (unpaired) electrons. The van der Waals surface area contributed by atoms with Crippen molar-refractivity contribution in [1.29, 1.82) is 0 Å². The van der Waals surface area contributed by atoms with Crippen LogP contribution in [0.5, 0.6) is 0 Å². The summed E-state index contributed by atoms with van der Waals surface area (Å²) < 4.78 is 42.9. The molecule has 0 aliphatic carbocycles. The highest BCUT2D eigenvalue weighted by atomic mass is 19.1. The third-order valence-corrected chi connectivity index (χ3v) is 5.22. The van der Waals surface area contributed by atoms with Gasteiger partial charge in [-0.3, -0.25) is 4.98 Å². The molecule has 0 fully saturated rings. The Bertz CT molecular complexity index is 1340. The molecule has 0 unspecified atom stereocenters. The van der Waals surface area contributed by atoms with Gasteiger partial charge in [0.1, 0.15) is 29.1 Å². The molecule has 0 amide bonds. The maximum atomic E-state index is 15.5. The van der Waals surface area contributed by atoms with Crippen molar-refractivity contribution in [3.63, 3.8) is 0 Å². The lowest BCUT2D eigenvalue weighted by atomic mass is 9.96. The summed E-state index contributed by atoms with van der Waals surface area (Å²) in [5, 5.41) is 0.852. The van der Waals surface area contributed by atoms with Crippen LogP contribution in [-0.4, -0.2) is 22.8 Å². The molecule has 162 valence electrons. The predicted octanol–water partition coefficient (Wildman–Crippen LogP) is 4.20. The highest BCUT2D eigenvalue weighted by molar-refractivity contribution is 6.17. The predicted molar refractivity (Wildman–Crippen MR) is 120 cm³/mol. The van der Waals surface area contributed by atoms with Crippen LogP contribution in [0, 0.1) is 17.5 Å². The first-order valence-corrected chi connectivity index (χ1v) is 9.71. The van der Waals surface area contributed by atoms with Gasteiger partial charge >= 0.3 is 0 Å². The number of hydrogen-bond donors (Lipinski definition) is 2. The van der Waals surface area contributed by atoms with Crippen LogP contribution >= 0.6 is 0 Å². The summed E-state index contributed by atoms with van der Waals surface area (Å²) in [4.78, 5) is 10.1. The molecule has 8 heteroatoms. The van der Waals surface area contributed by atoms with Gasteiger partial charge in [-0.15, -0.1) is 0 Å². The molecule has 1 aliphatic heterocycles. The molecule has 1 aromatic heterocycles. The van der Waals surface area contributed by atoms with Crippen LogP contribution in [0.3, 0.4) is 0 Å². The van der Waals surface area contributed by atoms with Crippen molar-refractivity contribution in [3.05, 3.63) is 107 Å². The van der Waals surface area contributed by atoms with Crippen LogP contribution < -0.4 is 11.5 Å². The Morgan fingerprint density at radius 3 is 2.66 bits per heavy atom. The zero-order valence-corrected chi connectivity index (χ0v) is 17.2. The molecule has 2 aromatic carbocycles. The van der Waals surface area contributed by atoms with Crippen LogP contribution in [0.4, 0.5) is 13.2 Å². The number of pyridine rings is 1. The standard InChI is InChI=1S/C24H20F3N5/c1-3-30-24-21(23(28)29)19(12-32(24)2)17-6-4-13-9-16(31-11-18(13)22(17)27)10-14-8-15(25)5-7-20(14)26/h3-9,11-12H,1,10,28-29H2,2H3/b30-24+. The minimum atomic E-state index is -0.532. The highest BCUT2D eigenvalue weighted by Crippen LogP contribution is 2.35. The second-order valence-electron chi connectivity index (χ2n) is 7.36. The number of nitrogens with zero attached hydrogens (tertiary/aromatic N) is 3. The third kappa shape index (κ3) is 3.71. The van der Waals surface area contributed by atoms with E-state index in [0.29, 0.717) is 28.1 Å². The first-order chi connectivity index (χ1) is 15.3. The van der Waals surface area contributed by atoms with Gasteiger partial charge in [-0.25, -0.2) is 18.2 Å². The second kappa shape index (κ2) is 8.22. The molecule has 5 nitrogen and oxygen atoms in total. The summed E-state index contributed by atoms with van der Waals surface area (Å²) in [5.41, 5.74) is 13.6. The summed E-state index contributed by atoms with van der Waals surface area (Å²) >= 11 is 0. The highest BCUT2D eigenvalue weighted by Gasteiger charge is 2.28. The number of aliphatic imine (C=N–C) groups is 1. The van der Waals surface area contributed by atoms with E-state index in [4.69, 9.17) is 11.5 Å². The average Bonchev–Trinajstić information content (AvgIpc) is 3.07. The van der Waals surface area contributed by atoms with E-state index in [1.54, 1.807) is 36.3 Å². The Hall–Kier alpha value is -4.07. The van der Waals surface area contributed by atoms with Gasteiger partial charge in [0.15, 0.2) is 0 Å². The molecule has 0 atom stereocenters. The molecular formula is C24H20F3N5. The Morgan fingerprint density at radius 2 is 1.94 bits per heavy atom. The van der Waals surface area contributed by atoms with Gasteiger partial charge in [-0.1, -0.05) is 18.7 Å². The first-order valence-electron chi connectivity index (χ1n) is 9.71. The monoisotopic (exact) mass is 435 g/mol. The summed E-state index contributed by atoms with van der Waals surface area (Å²) in [7, 11) is 1.75. The van der Waals surface area contributed by atoms with Crippen molar-refractivity contribution in [2.45, 2.75) is 6.42 Å². The molecule has 32 heavy (non-hydrogen) atoms. The molecule has 3 aromatic rings. The normalized spacial score (nSPS) is 14.9. The van der Waals surface area contributed by atoms with Gasteiger partial charge in [0.2, 0.25) is 0 Å². The number of likely N-dealkylation sites (N-methyl/N-ethyl adjacent to an activating group) is 1. The maximum absolute atomic E-state index is 15.5. The first kappa shape index (κ1) is 21.2. The number of benzene rings is 2. The lowest BCUT2D eigenvalue weighted by Gasteiger charge is -2.12. The van der Waals surface area contributed by atoms with Crippen LogP contribution in [0.1, 0.15) is 16.8 Å². The van der Waals surface area contributed by atoms with Crippen molar-refractivity contribution in [1.82, 2.24) is 9.88 Å². The largest absolute Gasteiger partial charge is 0.385 e. The fourth-order valence-electron chi connectivity index (χ4n) is 3.75. The Balaban J connectivity index is 1.76. The lowest BCUT2D eigenvalue weighted by Crippen LogP contribution is -2.22. The zero-order chi connectivity index (χ0) is 23.0. The fraction of sp³-hybridized carbons (Fsp3) is 0.0833. The average molecular weight is 435 g/mol. The molecule has 2 heterocycles. The van der Waals surface area contributed by atoms with E-state index in [9.17, 15) is 8.78 Å². The van der Waals surface area contributed by atoms with Crippen molar-refractivity contribution >= 4 is 22.2 Å². The van der Waals surface area contributed by atoms with Crippen molar-refractivity contribution in [2.24, 2.45) is 16.5 Å². The minimum absolute atomic E-state index is 0.00582. The minimum Gasteiger partial charge on any atom is -0.385 e. The van der Waals surface area contributed by atoms with Crippen molar-refractivity contribution in [3.8, 4) is 0 Å². The van der Waals surface area contributed by atoms with Gasteiger partial charge < -0.3 is 16.4 Å². The van der Waals surface area contributed by atoms with E-state index < -0.39 is 17.5 Å². The van der Waals surface area contributed by atoms with Gasteiger partial charge in [0.05, 0.1) is 5.57 Å². The number of nitrogens with two attached hydrogens (primary N) is 2. The number of hydrogen-bond acceptors (Lipinski definition) is 4. The summed E-state index contributed by atoms with van der Waals surface area (Å²) in [5.74, 6) is -1.10. The topological polar surface area (TPSA) is 80.5 Å². The van der Waals surface area contributed by atoms with E-state index in [2.05, 4.69) is 16.6 Å². The Morgan fingerprint density at radius 1 is 1.16 bits per heavy atom. The number of fused-ring (bicyclic) bond motifs is 1. The van der Waals surface area contributed by atoms with Crippen LogP contribution in [-0.2, 0) is 6.42 Å². The molecule has 1 aliphatic rings. The van der Waals surface area contributed by atoms with E-state index >= 15 is 4.39 Å². The van der Waals surface area contributed by atoms with Gasteiger partial charge in [0, 0.05) is 54.3 Å².